The zero-order valence-corrected chi connectivity index (χ0v) is 20.7. The topological polar surface area (TPSA) is 84.3 Å². The van der Waals surface area contributed by atoms with Crippen molar-refractivity contribution in [1.29, 1.82) is 0 Å². The summed E-state index contributed by atoms with van der Waals surface area (Å²) in [4.78, 5) is 22.5. The number of hydrogen-bond donors (Lipinski definition) is 2. The molecule has 0 saturated carbocycles. The van der Waals surface area contributed by atoms with E-state index < -0.39 is 5.97 Å². The molecule has 4 aromatic rings. The van der Waals surface area contributed by atoms with Crippen molar-refractivity contribution in [2.75, 3.05) is 18.5 Å². The van der Waals surface area contributed by atoms with Gasteiger partial charge in [-0.1, -0.05) is 6.58 Å². The zero-order chi connectivity index (χ0) is 24.4. The molecule has 1 aromatic carbocycles. The first-order valence-corrected chi connectivity index (χ1v) is 12.3. The first-order chi connectivity index (χ1) is 16.3. The highest BCUT2D eigenvalue weighted by atomic mass is 32.1. The van der Waals surface area contributed by atoms with E-state index in [1.54, 1.807) is 29.5 Å². The molecule has 0 unspecified atom stereocenters. The summed E-state index contributed by atoms with van der Waals surface area (Å²) in [5.41, 5.74) is 2.73. The lowest BCUT2D eigenvalue weighted by Crippen LogP contribution is -2.07. The van der Waals surface area contributed by atoms with Gasteiger partial charge in [-0.05, 0) is 55.8 Å². The van der Waals surface area contributed by atoms with Crippen LogP contribution in [0.5, 0.6) is 5.75 Å². The third-order valence-corrected chi connectivity index (χ3v) is 7.87. The minimum Gasteiger partial charge on any atom is -0.492 e. The van der Waals surface area contributed by atoms with E-state index in [0.29, 0.717) is 35.3 Å². The zero-order valence-electron chi connectivity index (χ0n) is 19.1. The first kappa shape index (κ1) is 23.8. The Bertz CT molecular complexity index is 1390. The Morgan fingerprint density at radius 2 is 2.00 bits per heavy atom. The molecular formula is C25H24FN3O3S2. The van der Waals surface area contributed by atoms with Gasteiger partial charge in [0, 0.05) is 28.3 Å². The van der Waals surface area contributed by atoms with Gasteiger partial charge in [0.05, 0.1) is 27.6 Å². The number of ether oxygens (including phenoxy) is 1. The van der Waals surface area contributed by atoms with Crippen LogP contribution >= 0.6 is 22.7 Å². The van der Waals surface area contributed by atoms with Crippen LogP contribution in [-0.2, 0) is 11.2 Å². The number of thiophene rings is 2. The quantitative estimate of drug-likeness (QED) is 0.263. The van der Waals surface area contributed by atoms with Gasteiger partial charge in [-0.25, -0.2) is 19.2 Å². The minimum absolute atomic E-state index is 0.0165. The predicted octanol–water partition coefficient (Wildman–Crippen LogP) is 6.33. The van der Waals surface area contributed by atoms with E-state index in [4.69, 9.17) is 4.74 Å². The van der Waals surface area contributed by atoms with Gasteiger partial charge in [0.15, 0.2) is 0 Å². The molecule has 0 radical (unpaired) electrons. The molecule has 34 heavy (non-hydrogen) atoms. The summed E-state index contributed by atoms with van der Waals surface area (Å²) in [6.45, 7) is 10.5. The molecule has 2 N–H and O–H groups in total. The summed E-state index contributed by atoms with van der Waals surface area (Å²) in [6.07, 6.45) is 2.19. The monoisotopic (exact) mass is 497 g/mol. The van der Waals surface area contributed by atoms with Crippen LogP contribution in [0.3, 0.4) is 0 Å². The Morgan fingerprint density at radius 1 is 1.21 bits per heavy atom. The normalized spacial score (nSPS) is 11.1. The van der Waals surface area contributed by atoms with Crippen LogP contribution in [0.2, 0.25) is 0 Å². The van der Waals surface area contributed by atoms with Crippen LogP contribution in [0.15, 0.2) is 37.2 Å². The summed E-state index contributed by atoms with van der Waals surface area (Å²) in [5, 5.41) is 13.6. The fourth-order valence-electron chi connectivity index (χ4n) is 3.78. The van der Waals surface area contributed by atoms with E-state index >= 15 is 0 Å². The van der Waals surface area contributed by atoms with Gasteiger partial charge in [-0.3, -0.25) is 0 Å². The average Bonchev–Trinajstić information content (AvgIpc) is 3.35. The molecule has 0 aliphatic rings. The number of anilines is 1. The van der Waals surface area contributed by atoms with E-state index in [1.165, 1.54) is 22.5 Å². The molecule has 0 fully saturated rings. The van der Waals surface area contributed by atoms with E-state index in [0.717, 1.165) is 32.5 Å². The number of nitrogens with one attached hydrogen (secondary N) is 1. The molecule has 4 rings (SSSR count). The number of hydrogen-bond acceptors (Lipinski definition) is 7. The SMILES string of the molecule is C=C(C(=O)O)c1sc(-c2cc(NCCc3c(C)sc4c(C)cc(F)cc34)ncn2)cc1OCC. The average molecular weight is 498 g/mol. The van der Waals surface area contributed by atoms with Gasteiger partial charge in [0.25, 0.3) is 0 Å². The van der Waals surface area contributed by atoms with Crippen LogP contribution in [0.25, 0.3) is 26.2 Å². The molecule has 0 aliphatic carbocycles. The largest absolute Gasteiger partial charge is 0.492 e. The molecule has 0 saturated heterocycles. The number of carboxylic acids is 1. The molecule has 3 heterocycles. The molecule has 0 bridgehead atoms. The number of carbonyl (C=O) groups is 1. The second-order valence-electron chi connectivity index (χ2n) is 7.72. The van der Waals surface area contributed by atoms with Crippen LogP contribution < -0.4 is 10.1 Å². The number of fused-ring (bicyclic) bond motifs is 1. The Balaban J connectivity index is 1.53. The van der Waals surface area contributed by atoms with Crippen LogP contribution in [0.1, 0.15) is 27.8 Å². The van der Waals surface area contributed by atoms with Gasteiger partial charge in [-0.15, -0.1) is 22.7 Å². The molecule has 6 nitrogen and oxygen atoms in total. The van der Waals surface area contributed by atoms with Crippen molar-refractivity contribution in [2.24, 2.45) is 0 Å². The lowest BCUT2D eigenvalue weighted by atomic mass is 10.1. The highest BCUT2D eigenvalue weighted by molar-refractivity contribution is 7.19. The third kappa shape index (κ3) is 4.80. The van der Waals surface area contributed by atoms with Crippen LogP contribution in [-0.4, -0.2) is 34.2 Å². The molecule has 0 atom stereocenters. The number of halogens is 1. The third-order valence-electron chi connectivity index (χ3n) is 5.38. The predicted molar refractivity (Wildman–Crippen MR) is 137 cm³/mol. The molecule has 3 aromatic heterocycles. The smallest absolute Gasteiger partial charge is 0.336 e. The molecule has 9 heteroatoms. The Labute approximate surface area is 204 Å². The van der Waals surface area contributed by atoms with Gasteiger partial charge < -0.3 is 15.2 Å². The van der Waals surface area contributed by atoms with Gasteiger partial charge >= 0.3 is 5.97 Å². The standard InChI is InChI=1S/C25H24FN3O3S2/c1-5-32-20-11-21(34-24(20)14(3)25(30)31)19-10-22(29-12-28-19)27-7-6-17-15(4)33-23-13(2)8-16(26)9-18(17)23/h8-12H,3,5-7H2,1-2,4H3,(H,30,31)(H,27,28,29). The number of aryl methyl sites for hydroxylation is 2. The van der Waals surface area contributed by atoms with Crippen LogP contribution in [0.4, 0.5) is 10.2 Å². The molecule has 176 valence electrons. The second kappa shape index (κ2) is 9.90. The highest BCUT2D eigenvalue weighted by Gasteiger charge is 2.19. The number of carboxylic acid groups (broad SMARTS) is 1. The summed E-state index contributed by atoms with van der Waals surface area (Å²) < 4.78 is 20.7. The lowest BCUT2D eigenvalue weighted by Gasteiger charge is -2.07. The summed E-state index contributed by atoms with van der Waals surface area (Å²) in [7, 11) is 0. The summed E-state index contributed by atoms with van der Waals surface area (Å²) in [6, 6.07) is 6.78. The van der Waals surface area contributed by atoms with Crippen molar-refractivity contribution in [3.05, 3.63) is 63.9 Å². The van der Waals surface area contributed by atoms with Gasteiger partial charge in [0.2, 0.25) is 0 Å². The molecular weight excluding hydrogens is 473 g/mol. The number of nitrogens with zero attached hydrogens (tertiary/aromatic N) is 2. The highest BCUT2D eigenvalue weighted by Crippen LogP contribution is 2.40. The number of benzene rings is 1. The Morgan fingerprint density at radius 3 is 2.74 bits per heavy atom. The summed E-state index contributed by atoms with van der Waals surface area (Å²) >= 11 is 2.96. The van der Waals surface area contributed by atoms with Crippen molar-refractivity contribution in [3.8, 4) is 16.3 Å². The van der Waals surface area contributed by atoms with Gasteiger partial charge in [0.1, 0.15) is 23.7 Å². The fourth-order valence-corrected chi connectivity index (χ4v) is 5.96. The van der Waals surface area contributed by atoms with Crippen molar-refractivity contribution < 1.29 is 19.0 Å². The Hall–Kier alpha value is -3.30. The van der Waals surface area contributed by atoms with Crippen molar-refractivity contribution in [1.82, 2.24) is 9.97 Å². The molecule has 0 spiro atoms. The maximum absolute atomic E-state index is 14.0. The van der Waals surface area contributed by atoms with Crippen molar-refractivity contribution >= 4 is 50.1 Å². The van der Waals surface area contributed by atoms with Crippen LogP contribution in [0, 0.1) is 19.7 Å². The van der Waals surface area contributed by atoms with E-state index in [-0.39, 0.29) is 11.4 Å². The van der Waals surface area contributed by atoms with Crippen molar-refractivity contribution in [2.45, 2.75) is 27.2 Å². The number of aromatic nitrogens is 2. The van der Waals surface area contributed by atoms with E-state index in [1.807, 2.05) is 19.9 Å². The number of aliphatic carboxylic acids is 1. The maximum atomic E-state index is 14.0. The van der Waals surface area contributed by atoms with E-state index in [9.17, 15) is 14.3 Å². The second-order valence-corrected chi connectivity index (χ2v) is 10.00. The Kier molecular flexibility index (Phi) is 6.95. The molecule has 0 amide bonds. The van der Waals surface area contributed by atoms with Crippen molar-refractivity contribution in [3.63, 3.8) is 0 Å². The summed E-state index contributed by atoms with van der Waals surface area (Å²) in [5.74, 6) is -0.185. The minimum atomic E-state index is -1.09. The molecule has 0 aliphatic heterocycles. The fraction of sp³-hybridized carbons (Fsp3) is 0.240. The number of rotatable bonds is 9. The maximum Gasteiger partial charge on any atom is 0.336 e. The van der Waals surface area contributed by atoms with E-state index in [2.05, 4.69) is 28.8 Å². The first-order valence-electron chi connectivity index (χ1n) is 10.7. The van der Waals surface area contributed by atoms with Gasteiger partial charge in [-0.2, -0.15) is 0 Å². The lowest BCUT2D eigenvalue weighted by molar-refractivity contribution is -0.130.